The molecule has 4 nitrogen and oxygen atoms in total. The van der Waals surface area contributed by atoms with E-state index in [1.54, 1.807) is 0 Å². The molecule has 0 aromatic heterocycles. The zero-order valence-corrected chi connectivity index (χ0v) is 12.3. The van der Waals surface area contributed by atoms with Gasteiger partial charge in [-0.15, -0.1) is 0 Å². The fourth-order valence-corrected chi connectivity index (χ4v) is 0. The molecule has 0 aliphatic heterocycles. The van der Waals surface area contributed by atoms with Gasteiger partial charge >= 0.3 is 11.9 Å². The van der Waals surface area contributed by atoms with Crippen molar-refractivity contribution >= 4 is 60.8 Å². The van der Waals surface area contributed by atoms with E-state index < -0.39 is 11.9 Å². The van der Waals surface area contributed by atoms with E-state index in [2.05, 4.69) is 13.2 Å². The average Bonchev–Trinajstić information content (AvgIpc) is 1.88. The number of carbonyl (C=O) groups is 2. The Balaban J connectivity index is -0.000000143. The Labute approximate surface area is 117 Å². The van der Waals surface area contributed by atoms with E-state index in [4.69, 9.17) is 10.2 Å². The summed E-state index contributed by atoms with van der Waals surface area (Å²) in [5.41, 5.74) is 0.352. The molecular formula is C8H12BaO4. The van der Waals surface area contributed by atoms with E-state index in [-0.39, 0.29) is 60.0 Å². The maximum atomic E-state index is 9.60. The maximum Gasteiger partial charge on any atom is 0.330 e. The van der Waals surface area contributed by atoms with Crippen LogP contribution in [-0.4, -0.2) is 71.0 Å². The molecule has 0 amide bonds. The Kier molecular flexibility index (Phi) is 14.5. The van der Waals surface area contributed by atoms with Gasteiger partial charge in [0.25, 0.3) is 0 Å². The SMILES string of the molecule is C=C(C)C(=O)O.C=C(C)C(=O)O.[Ba]. The van der Waals surface area contributed by atoms with Crippen molar-refractivity contribution < 1.29 is 19.8 Å². The first-order chi connectivity index (χ1) is 5.29. The third-order valence-corrected chi connectivity index (χ3v) is 0.730. The summed E-state index contributed by atoms with van der Waals surface area (Å²) >= 11 is 0. The Morgan fingerprint density at radius 1 is 0.923 bits per heavy atom. The van der Waals surface area contributed by atoms with Crippen molar-refractivity contribution in [3.8, 4) is 0 Å². The van der Waals surface area contributed by atoms with Crippen molar-refractivity contribution in [2.24, 2.45) is 0 Å². The van der Waals surface area contributed by atoms with E-state index in [9.17, 15) is 9.59 Å². The van der Waals surface area contributed by atoms with Gasteiger partial charge in [0.15, 0.2) is 0 Å². The van der Waals surface area contributed by atoms with Crippen LogP contribution < -0.4 is 0 Å². The average molecular weight is 310 g/mol. The second kappa shape index (κ2) is 10.1. The fourth-order valence-electron chi connectivity index (χ4n) is 0. The molecule has 0 aliphatic carbocycles. The minimum absolute atomic E-state index is 0. The van der Waals surface area contributed by atoms with Crippen molar-refractivity contribution in [3.05, 3.63) is 24.3 Å². The van der Waals surface area contributed by atoms with E-state index >= 15 is 0 Å². The van der Waals surface area contributed by atoms with E-state index in [0.717, 1.165) is 0 Å². The molecule has 13 heavy (non-hydrogen) atoms. The molecule has 2 N–H and O–H groups in total. The van der Waals surface area contributed by atoms with Crippen molar-refractivity contribution in [3.63, 3.8) is 0 Å². The predicted molar refractivity (Wildman–Crippen MR) is 50.7 cm³/mol. The molecule has 0 fully saturated rings. The van der Waals surface area contributed by atoms with Crippen LogP contribution in [0, 0.1) is 0 Å². The largest absolute Gasteiger partial charge is 0.478 e. The Morgan fingerprint density at radius 2 is 1.00 bits per heavy atom. The molecule has 70 valence electrons. The van der Waals surface area contributed by atoms with Crippen molar-refractivity contribution in [1.29, 1.82) is 0 Å². The van der Waals surface area contributed by atoms with Crippen LogP contribution in [0.25, 0.3) is 0 Å². The monoisotopic (exact) mass is 310 g/mol. The van der Waals surface area contributed by atoms with E-state index in [0.29, 0.717) is 0 Å². The zero-order chi connectivity index (χ0) is 10.3. The van der Waals surface area contributed by atoms with Gasteiger partial charge in [0, 0.05) is 60.0 Å². The van der Waals surface area contributed by atoms with Gasteiger partial charge in [-0.05, 0) is 13.8 Å². The molecule has 0 atom stereocenters. The number of hydrogen-bond acceptors (Lipinski definition) is 2. The summed E-state index contributed by atoms with van der Waals surface area (Å²) in [5.74, 6) is -1.87. The molecule has 5 heteroatoms. The minimum atomic E-state index is -0.935. The van der Waals surface area contributed by atoms with Gasteiger partial charge in [-0.25, -0.2) is 9.59 Å². The van der Waals surface area contributed by atoms with Gasteiger partial charge in [0.05, 0.1) is 0 Å². The van der Waals surface area contributed by atoms with Crippen LogP contribution in [0.15, 0.2) is 24.3 Å². The van der Waals surface area contributed by atoms with Crippen molar-refractivity contribution in [1.82, 2.24) is 0 Å². The van der Waals surface area contributed by atoms with Crippen LogP contribution in [0.5, 0.6) is 0 Å². The summed E-state index contributed by atoms with van der Waals surface area (Å²) in [4.78, 5) is 19.2. The quantitative estimate of drug-likeness (QED) is 0.587. The molecule has 0 aliphatic rings. The molecule has 0 saturated carbocycles. The first kappa shape index (κ1) is 18.7. The summed E-state index contributed by atoms with van der Waals surface area (Å²) in [6.07, 6.45) is 0. The van der Waals surface area contributed by atoms with Gasteiger partial charge in [-0.1, -0.05) is 13.2 Å². The summed E-state index contributed by atoms with van der Waals surface area (Å²) in [6, 6.07) is 0. The van der Waals surface area contributed by atoms with Crippen LogP contribution in [0.1, 0.15) is 13.8 Å². The normalized spacial score (nSPS) is 6.92. The fraction of sp³-hybridized carbons (Fsp3) is 0.250. The van der Waals surface area contributed by atoms with E-state index in [1.807, 2.05) is 0 Å². The number of rotatable bonds is 2. The van der Waals surface area contributed by atoms with Gasteiger partial charge < -0.3 is 10.2 Å². The Bertz CT molecular complexity index is 172. The smallest absolute Gasteiger partial charge is 0.330 e. The summed E-state index contributed by atoms with van der Waals surface area (Å²) in [5, 5.41) is 15.8. The standard InChI is InChI=1S/2C4H6O2.Ba/c2*1-3(2)4(5)6;/h2*1H2,2H3,(H,5,6);. The summed E-state index contributed by atoms with van der Waals surface area (Å²) < 4.78 is 0. The number of carboxylic acids is 2. The van der Waals surface area contributed by atoms with Crippen LogP contribution in [0.4, 0.5) is 0 Å². The molecule has 0 saturated heterocycles. The Hall–Kier alpha value is -0.00857. The topological polar surface area (TPSA) is 74.6 Å². The molecule has 0 unspecified atom stereocenters. The first-order valence-electron chi connectivity index (χ1n) is 3.06. The molecular weight excluding hydrogens is 297 g/mol. The number of carboxylic acid groups (broad SMARTS) is 2. The summed E-state index contributed by atoms with van der Waals surface area (Å²) in [7, 11) is 0. The third-order valence-electron chi connectivity index (χ3n) is 0.730. The molecule has 0 aromatic carbocycles. The number of hydrogen-bond donors (Lipinski definition) is 2. The predicted octanol–water partition coefficient (Wildman–Crippen LogP) is 0.913. The molecule has 0 spiro atoms. The van der Waals surface area contributed by atoms with Gasteiger partial charge in [0.1, 0.15) is 0 Å². The van der Waals surface area contributed by atoms with Crippen molar-refractivity contribution in [2.75, 3.05) is 0 Å². The number of aliphatic carboxylic acids is 2. The second-order valence-electron chi connectivity index (χ2n) is 2.17. The minimum Gasteiger partial charge on any atom is -0.478 e. The van der Waals surface area contributed by atoms with Crippen LogP contribution >= 0.6 is 0 Å². The van der Waals surface area contributed by atoms with Crippen LogP contribution in [0.3, 0.4) is 0 Å². The molecule has 2 radical (unpaired) electrons. The zero-order valence-electron chi connectivity index (χ0n) is 7.83. The molecule has 0 heterocycles. The van der Waals surface area contributed by atoms with Gasteiger partial charge in [-0.3, -0.25) is 0 Å². The molecule has 0 aromatic rings. The maximum absolute atomic E-state index is 9.60. The van der Waals surface area contributed by atoms with E-state index in [1.165, 1.54) is 13.8 Å². The Morgan fingerprint density at radius 3 is 1.00 bits per heavy atom. The molecule has 0 bridgehead atoms. The van der Waals surface area contributed by atoms with Crippen LogP contribution in [-0.2, 0) is 9.59 Å². The first-order valence-corrected chi connectivity index (χ1v) is 3.06. The van der Waals surface area contributed by atoms with Gasteiger partial charge in [-0.2, -0.15) is 0 Å². The summed E-state index contributed by atoms with van der Waals surface area (Å²) in [6.45, 7) is 9.20. The van der Waals surface area contributed by atoms with Gasteiger partial charge in [0.2, 0.25) is 0 Å². The molecule has 0 rings (SSSR count). The van der Waals surface area contributed by atoms with Crippen molar-refractivity contribution in [2.45, 2.75) is 13.8 Å². The second-order valence-corrected chi connectivity index (χ2v) is 2.17. The van der Waals surface area contributed by atoms with Crippen LogP contribution in [0.2, 0.25) is 0 Å². The third kappa shape index (κ3) is 18.7.